The van der Waals surface area contributed by atoms with Crippen molar-refractivity contribution >= 4 is 9.84 Å². The molecule has 2 unspecified atom stereocenters. The zero-order chi connectivity index (χ0) is 15.6. The van der Waals surface area contributed by atoms with E-state index in [0.29, 0.717) is 32.5 Å². The molecule has 2 aliphatic heterocycles. The van der Waals surface area contributed by atoms with Crippen molar-refractivity contribution in [3.05, 3.63) is 35.9 Å². The van der Waals surface area contributed by atoms with E-state index in [4.69, 9.17) is 4.74 Å². The number of rotatable bonds is 6. The first-order valence-electron chi connectivity index (χ1n) is 8.06. The molecular weight excluding hydrogens is 300 g/mol. The molecule has 1 aromatic rings. The molecule has 1 aromatic carbocycles. The molecule has 5 heteroatoms. The second-order valence-electron chi connectivity index (χ2n) is 6.68. The Hall–Kier alpha value is -0.910. The van der Waals surface area contributed by atoms with E-state index in [-0.39, 0.29) is 10.5 Å². The number of fused-ring (bicyclic) bond motifs is 2. The van der Waals surface area contributed by atoms with E-state index in [2.05, 4.69) is 0 Å². The van der Waals surface area contributed by atoms with E-state index in [1.165, 1.54) is 0 Å². The molecule has 0 amide bonds. The molecule has 3 rings (SSSR count). The van der Waals surface area contributed by atoms with Crippen LogP contribution in [0.25, 0.3) is 0 Å². The van der Waals surface area contributed by atoms with Crippen LogP contribution in [-0.2, 0) is 21.2 Å². The molecule has 1 N–H and O–H groups in total. The van der Waals surface area contributed by atoms with Gasteiger partial charge in [0.2, 0.25) is 0 Å². The zero-order valence-corrected chi connectivity index (χ0v) is 13.6. The van der Waals surface area contributed by atoms with Crippen molar-refractivity contribution in [3.63, 3.8) is 0 Å². The average Bonchev–Trinajstić information content (AvgIpc) is 2.66. The Balaban J connectivity index is 1.42. The van der Waals surface area contributed by atoms with Gasteiger partial charge in [0.15, 0.2) is 9.84 Å². The zero-order valence-electron chi connectivity index (χ0n) is 12.8. The van der Waals surface area contributed by atoms with Gasteiger partial charge in [-0.05, 0) is 44.1 Å². The van der Waals surface area contributed by atoms with Crippen LogP contribution in [0, 0.1) is 0 Å². The quantitative estimate of drug-likeness (QED) is 0.817. The van der Waals surface area contributed by atoms with Gasteiger partial charge in [0, 0.05) is 6.61 Å². The van der Waals surface area contributed by atoms with E-state index in [9.17, 15) is 13.5 Å². The van der Waals surface area contributed by atoms with Crippen LogP contribution in [-0.4, -0.2) is 36.2 Å². The van der Waals surface area contributed by atoms with Crippen LogP contribution in [0.4, 0.5) is 0 Å². The summed E-state index contributed by atoms with van der Waals surface area (Å²) < 4.78 is 29.8. The van der Waals surface area contributed by atoms with Gasteiger partial charge in [-0.25, -0.2) is 8.42 Å². The van der Waals surface area contributed by atoms with Gasteiger partial charge in [-0.2, -0.15) is 0 Å². The van der Waals surface area contributed by atoms with Gasteiger partial charge in [-0.1, -0.05) is 30.3 Å². The Labute approximate surface area is 132 Å². The van der Waals surface area contributed by atoms with Crippen molar-refractivity contribution in [2.75, 3.05) is 6.61 Å². The normalized spacial score (nSPS) is 33.0. The lowest BCUT2D eigenvalue weighted by Gasteiger charge is -2.36. The third-order valence-electron chi connectivity index (χ3n) is 5.00. The smallest absolute Gasteiger partial charge is 0.156 e. The molecule has 0 aromatic heterocycles. The largest absolute Gasteiger partial charge is 0.390 e. The maximum Gasteiger partial charge on any atom is 0.156 e. The minimum absolute atomic E-state index is 0.318. The fraction of sp³-hybridized carbons (Fsp3) is 0.647. The maximum atomic E-state index is 12.1. The summed E-state index contributed by atoms with van der Waals surface area (Å²) in [5, 5.41) is 10.0. The van der Waals surface area contributed by atoms with Crippen LogP contribution in [0.15, 0.2) is 30.3 Å². The Kier molecular flexibility index (Phi) is 4.57. The molecule has 0 saturated carbocycles. The molecule has 122 valence electrons. The van der Waals surface area contributed by atoms with Gasteiger partial charge < -0.3 is 9.84 Å². The van der Waals surface area contributed by atoms with Crippen molar-refractivity contribution in [1.29, 1.82) is 0 Å². The molecule has 2 bridgehead atoms. The predicted octanol–water partition coefficient (Wildman–Crippen LogP) is 2.45. The number of sulfone groups is 1. The second-order valence-corrected chi connectivity index (χ2v) is 9.20. The summed E-state index contributed by atoms with van der Waals surface area (Å²) in [7, 11) is -2.96. The van der Waals surface area contributed by atoms with Crippen LogP contribution < -0.4 is 0 Å². The third kappa shape index (κ3) is 3.36. The van der Waals surface area contributed by atoms with Crippen LogP contribution in [0.1, 0.15) is 44.1 Å². The molecule has 2 saturated heterocycles. The molecule has 2 aliphatic rings. The summed E-state index contributed by atoms with van der Waals surface area (Å²) in [4.78, 5) is 0. The SMILES string of the molecule is O=S1(=O)C2CCC1CC(O)(CCCOCc1ccccc1)C2. The number of hydrogen-bond acceptors (Lipinski definition) is 4. The second kappa shape index (κ2) is 6.30. The van der Waals surface area contributed by atoms with Crippen LogP contribution in [0.2, 0.25) is 0 Å². The van der Waals surface area contributed by atoms with E-state index < -0.39 is 15.4 Å². The lowest BCUT2D eigenvalue weighted by atomic mass is 9.89. The van der Waals surface area contributed by atoms with Crippen LogP contribution >= 0.6 is 0 Å². The van der Waals surface area contributed by atoms with E-state index in [1.54, 1.807) is 0 Å². The minimum atomic E-state index is -2.96. The molecule has 0 spiro atoms. The van der Waals surface area contributed by atoms with Gasteiger partial charge in [-0.15, -0.1) is 0 Å². The Morgan fingerprint density at radius 1 is 1.14 bits per heavy atom. The Bertz CT molecular complexity index is 576. The standard InChI is InChI=1S/C17H24O4S/c18-17(11-15-7-8-16(12-17)22(15,19)20)9-4-10-21-13-14-5-2-1-3-6-14/h1-3,5-6,15-16,18H,4,7-13H2. The summed E-state index contributed by atoms with van der Waals surface area (Å²) >= 11 is 0. The highest BCUT2D eigenvalue weighted by molar-refractivity contribution is 7.93. The Morgan fingerprint density at radius 2 is 1.77 bits per heavy atom. The van der Waals surface area contributed by atoms with Crippen LogP contribution in [0.5, 0.6) is 0 Å². The number of ether oxygens (including phenoxy) is 1. The molecule has 2 atom stereocenters. The van der Waals surface area contributed by atoms with Gasteiger partial charge >= 0.3 is 0 Å². The molecule has 2 fully saturated rings. The fourth-order valence-corrected chi connectivity index (χ4v) is 6.37. The predicted molar refractivity (Wildman–Crippen MR) is 85.2 cm³/mol. The van der Waals surface area contributed by atoms with Gasteiger partial charge in [-0.3, -0.25) is 0 Å². The summed E-state index contributed by atoms with van der Waals surface area (Å²) in [5.41, 5.74) is 0.329. The minimum Gasteiger partial charge on any atom is -0.390 e. The van der Waals surface area contributed by atoms with Gasteiger partial charge in [0.05, 0.1) is 22.7 Å². The lowest BCUT2D eigenvalue weighted by molar-refractivity contribution is 0.00192. The van der Waals surface area contributed by atoms with Gasteiger partial charge in [0.1, 0.15) is 0 Å². The van der Waals surface area contributed by atoms with E-state index >= 15 is 0 Å². The molecular formula is C17H24O4S. The maximum absolute atomic E-state index is 12.1. The van der Waals surface area contributed by atoms with Crippen molar-refractivity contribution in [3.8, 4) is 0 Å². The van der Waals surface area contributed by atoms with Crippen molar-refractivity contribution in [2.24, 2.45) is 0 Å². The van der Waals surface area contributed by atoms with Crippen molar-refractivity contribution < 1.29 is 18.3 Å². The number of aliphatic hydroxyl groups is 1. The van der Waals surface area contributed by atoms with E-state index in [0.717, 1.165) is 24.8 Å². The fourth-order valence-electron chi connectivity index (χ4n) is 3.81. The summed E-state index contributed by atoms with van der Waals surface area (Å²) in [6.07, 6.45) is 3.65. The lowest BCUT2D eigenvalue weighted by Crippen LogP contribution is -2.45. The third-order valence-corrected chi connectivity index (χ3v) is 7.66. The molecule has 22 heavy (non-hydrogen) atoms. The first kappa shape index (κ1) is 16.0. The highest BCUT2D eigenvalue weighted by Gasteiger charge is 2.52. The topological polar surface area (TPSA) is 63.6 Å². The van der Waals surface area contributed by atoms with Crippen molar-refractivity contribution in [1.82, 2.24) is 0 Å². The highest BCUT2D eigenvalue weighted by Crippen LogP contribution is 2.44. The number of benzene rings is 1. The van der Waals surface area contributed by atoms with Crippen molar-refractivity contribution in [2.45, 2.75) is 61.2 Å². The van der Waals surface area contributed by atoms with Gasteiger partial charge in [0.25, 0.3) is 0 Å². The number of hydrogen-bond donors (Lipinski definition) is 1. The molecule has 4 nitrogen and oxygen atoms in total. The Morgan fingerprint density at radius 3 is 2.41 bits per heavy atom. The first-order valence-corrected chi connectivity index (χ1v) is 9.67. The average molecular weight is 324 g/mol. The molecule has 0 radical (unpaired) electrons. The highest BCUT2D eigenvalue weighted by atomic mass is 32.2. The molecule has 2 heterocycles. The summed E-state index contributed by atoms with van der Waals surface area (Å²) in [6, 6.07) is 10.00. The summed E-state index contributed by atoms with van der Waals surface area (Å²) in [5.74, 6) is 0. The van der Waals surface area contributed by atoms with E-state index in [1.807, 2.05) is 30.3 Å². The summed E-state index contributed by atoms with van der Waals surface area (Å²) in [6.45, 7) is 1.18. The monoisotopic (exact) mass is 324 g/mol. The first-order chi connectivity index (χ1) is 10.5. The molecule has 0 aliphatic carbocycles. The van der Waals surface area contributed by atoms with Crippen LogP contribution in [0.3, 0.4) is 0 Å².